The highest BCUT2D eigenvalue weighted by atomic mass is 16.1. The SMILES string of the molecule is NC[CH]c1cccc(N)c1C(N)=O. The summed E-state index contributed by atoms with van der Waals surface area (Å²) in [5.74, 6) is -0.530. The average molecular weight is 178 g/mol. The monoisotopic (exact) mass is 178 g/mol. The molecular weight excluding hydrogens is 166 g/mol. The molecular formula is C9H12N3O. The van der Waals surface area contributed by atoms with Crippen molar-refractivity contribution in [2.75, 3.05) is 12.3 Å². The molecule has 1 aromatic rings. The Balaban J connectivity index is 3.17. The molecule has 69 valence electrons. The van der Waals surface area contributed by atoms with Crippen LogP contribution in [0.3, 0.4) is 0 Å². The van der Waals surface area contributed by atoms with Gasteiger partial charge < -0.3 is 17.2 Å². The summed E-state index contributed by atoms with van der Waals surface area (Å²) in [5.41, 5.74) is 17.5. The summed E-state index contributed by atoms with van der Waals surface area (Å²) in [6.45, 7) is 0.351. The lowest BCUT2D eigenvalue weighted by atomic mass is 10.0. The molecule has 0 unspecified atom stereocenters. The van der Waals surface area contributed by atoms with Crippen LogP contribution < -0.4 is 17.2 Å². The van der Waals surface area contributed by atoms with Crippen molar-refractivity contribution in [2.45, 2.75) is 0 Å². The number of primary amides is 1. The number of nitrogen functional groups attached to an aromatic ring is 1. The van der Waals surface area contributed by atoms with Gasteiger partial charge in [0.2, 0.25) is 0 Å². The van der Waals surface area contributed by atoms with Crippen LogP contribution in [-0.4, -0.2) is 12.5 Å². The first-order valence-corrected chi connectivity index (χ1v) is 3.88. The lowest BCUT2D eigenvalue weighted by molar-refractivity contribution is 0.100. The van der Waals surface area contributed by atoms with Gasteiger partial charge in [0.25, 0.3) is 5.91 Å². The number of anilines is 1. The third-order valence-electron chi connectivity index (χ3n) is 1.71. The Kier molecular flexibility index (Phi) is 2.87. The molecule has 0 aromatic heterocycles. The molecule has 4 nitrogen and oxygen atoms in total. The summed E-state index contributed by atoms with van der Waals surface area (Å²) < 4.78 is 0. The Morgan fingerprint density at radius 3 is 2.69 bits per heavy atom. The number of nitrogens with two attached hydrogens (primary N) is 3. The van der Waals surface area contributed by atoms with E-state index in [0.29, 0.717) is 23.4 Å². The quantitative estimate of drug-likeness (QED) is 0.563. The van der Waals surface area contributed by atoms with Crippen LogP contribution in [0, 0.1) is 6.42 Å². The van der Waals surface area contributed by atoms with Crippen LogP contribution in [0.5, 0.6) is 0 Å². The second kappa shape index (κ2) is 3.91. The Morgan fingerprint density at radius 1 is 1.46 bits per heavy atom. The zero-order valence-corrected chi connectivity index (χ0v) is 7.16. The van der Waals surface area contributed by atoms with E-state index in [-0.39, 0.29) is 0 Å². The van der Waals surface area contributed by atoms with E-state index in [9.17, 15) is 4.79 Å². The Hall–Kier alpha value is -1.55. The number of carbonyl (C=O) groups is 1. The fourth-order valence-electron chi connectivity index (χ4n) is 1.17. The molecule has 0 saturated carbocycles. The molecule has 1 radical (unpaired) electrons. The molecule has 13 heavy (non-hydrogen) atoms. The number of hydrogen-bond acceptors (Lipinski definition) is 3. The molecule has 1 amide bonds. The zero-order chi connectivity index (χ0) is 9.84. The maximum absolute atomic E-state index is 11.0. The molecule has 0 bridgehead atoms. The highest BCUT2D eigenvalue weighted by Gasteiger charge is 2.10. The first kappa shape index (κ1) is 9.54. The molecule has 0 aliphatic rings. The van der Waals surface area contributed by atoms with Crippen LogP contribution in [-0.2, 0) is 0 Å². The van der Waals surface area contributed by atoms with Gasteiger partial charge in [-0.15, -0.1) is 0 Å². The molecule has 0 saturated heterocycles. The molecule has 0 spiro atoms. The molecule has 0 fully saturated rings. The minimum Gasteiger partial charge on any atom is -0.398 e. The molecule has 6 N–H and O–H groups in total. The molecule has 1 rings (SSSR count). The van der Waals surface area contributed by atoms with Crippen LogP contribution in [0.2, 0.25) is 0 Å². The van der Waals surface area contributed by atoms with Gasteiger partial charge in [0.1, 0.15) is 0 Å². The topological polar surface area (TPSA) is 95.1 Å². The fraction of sp³-hybridized carbons (Fsp3) is 0.111. The third kappa shape index (κ3) is 1.97. The van der Waals surface area contributed by atoms with E-state index < -0.39 is 5.91 Å². The molecule has 1 aromatic carbocycles. The average Bonchev–Trinajstić information content (AvgIpc) is 2.04. The highest BCUT2D eigenvalue weighted by molar-refractivity contribution is 5.99. The normalized spacial score (nSPS) is 9.92. The van der Waals surface area contributed by atoms with Crippen molar-refractivity contribution in [3.63, 3.8) is 0 Å². The maximum atomic E-state index is 11.0. The van der Waals surface area contributed by atoms with E-state index >= 15 is 0 Å². The van der Waals surface area contributed by atoms with Crippen LogP contribution in [0.25, 0.3) is 0 Å². The summed E-state index contributed by atoms with van der Waals surface area (Å²) in [5, 5.41) is 0. The maximum Gasteiger partial charge on any atom is 0.251 e. The molecule has 4 heteroatoms. The van der Waals surface area contributed by atoms with E-state index in [1.54, 1.807) is 24.6 Å². The predicted molar refractivity (Wildman–Crippen MR) is 51.8 cm³/mol. The van der Waals surface area contributed by atoms with Gasteiger partial charge in [0.05, 0.1) is 5.56 Å². The van der Waals surface area contributed by atoms with Crippen molar-refractivity contribution in [3.8, 4) is 0 Å². The van der Waals surface area contributed by atoms with Crippen molar-refractivity contribution in [1.29, 1.82) is 0 Å². The fourth-order valence-corrected chi connectivity index (χ4v) is 1.17. The zero-order valence-electron chi connectivity index (χ0n) is 7.16. The number of carbonyl (C=O) groups excluding carboxylic acids is 1. The van der Waals surface area contributed by atoms with Crippen LogP contribution >= 0.6 is 0 Å². The highest BCUT2D eigenvalue weighted by Crippen LogP contribution is 2.17. The van der Waals surface area contributed by atoms with Crippen LogP contribution in [0.1, 0.15) is 15.9 Å². The van der Waals surface area contributed by atoms with E-state index in [0.717, 1.165) is 0 Å². The van der Waals surface area contributed by atoms with Crippen molar-refractivity contribution in [1.82, 2.24) is 0 Å². The molecule has 0 aliphatic carbocycles. The predicted octanol–water partition coefficient (Wildman–Crippen LogP) is -0.121. The second-order valence-electron chi connectivity index (χ2n) is 2.62. The summed E-state index contributed by atoms with van der Waals surface area (Å²) >= 11 is 0. The first-order chi connectivity index (χ1) is 6.16. The van der Waals surface area contributed by atoms with Gasteiger partial charge >= 0.3 is 0 Å². The standard InChI is InChI=1S/C9H12N3O/c10-5-4-6-2-1-3-7(11)8(6)9(12)13/h1-4H,5,10-11H2,(H2,12,13). The van der Waals surface area contributed by atoms with E-state index in [2.05, 4.69) is 0 Å². The van der Waals surface area contributed by atoms with Crippen LogP contribution in [0.15, 0.2) is 18.2 Å². The van der Waals surface area contributed by atoms with Crippen molar-refractivity contribution in [2.24, 2.45) is 11.5 Å². The van der Waals surface area contributed by atoms with Crippen molar-refractivity contribution in [3.05, 3.63) is 35.7 Å². The summed E-state index contributed by atoms with van der Waals surface area (Å²) in [4.78, 5) is 11.0. The minimum absolute atomic E-state index is 0.341. The van der Waals surface area contributed by atoms with E-state index in [1.165, 1.54) is 0 Å². The number of rotatable bonds is 3. The summed E-state index contributed by atoms with van der Waals surface area (Å²) in [6.07, 6.45) is 1.70. The lowest BCUT2D eigenvalue weighted by Crippen LogP contribution is -2.17. The van der Waals surface area contributed by atoms with Crippen molar-refractivity contribution >= 4 is 11.6 Å². The number of hydrogen-bond donors (Lipinski definition) is 3. The van der Waals surface area contributed by atoms with Gasteiger partial charge in [-0.05, 0) is 18.2 Å². The Bertz CT molecular complexity index is 323. The smallest absolute Gasteiger partial charge is 0.251 e. The van der Waals surface area contributed by atoms with Crippen LogP contribution in [0.4, 0.5) is 5.69 Å². The van der Waals surface area contributed by atoms with Gasteiger partial charge in [0, 0.05) is 12.1 Å². The van der Waals surface area contributed by atoms with E-state index in [4.69, 9.17) is 17.2 Å². The van der Waals surface area contributed by atoms with Crippen molar-refractivity contribution < 1.29 is 4.79 Å². The number of amides is 1. The number of benzene rings is 1. The minimum atomic E-state index is -0.530. The molecule has 0 heterocycles. The summed E-state index contributed by atoms with van der Waals surface area (Å²) in [6, 6.07) is 5.14. The summed E-state index contributed by atoms with van der Waals surface area (Å²) in [7, 11) is 0. The molecule has 0 aliphatic heterocycles. The van der Waals surface area contributed by atoms with E-state index in [1.807, 2.05) is 0 Å². The largest absolute Gasteiger partial charge is 0.398 e. The first-order valence-electron chi connectivity index (χ1n) is 3.88. The van der Waals surface area contributed by atoms with Gasteiger partial charge in [-0.25, -0.2) is 0 Å². The third-order valence-corrected chi connectivity index (χ3v) is 1.71. The Morgan fingerprint density at radius 2 is 2.15 bits per heavy atom. The van der Waals surface area contributed by atoms with Gasteiger partial charge in [-0.3, -0.25) is 4.79 Å². The van der Waals surface area contributed by atoms with Gasteiger partial charge in [-0.1, -0.05) is 12.1 Å². The second-order valence-corrected chi connectivity index (χ2v) is 2.62. The molecule has 0 atom stereocenters. The Labute approximate surface area is 76.7 Å². The van der Waals surface area contributed by atoms with Gasteiger partial charge in [0.15, 0.2) is 0 Å². The lowest BCUT2D eigenvalue weighted by Gasteiger charge is -2.07. The van der Waals surface area contributed by atoms with Gasteiger partial charge in [-0.2, -0.15) is 0 Å².